The molecular weight excluding hydrogens is 252 g/mol. The first-order chi connectivity index (χ1) is 9.75. The fourth-order valence-corrected chi connectivity index (χ4v) is 2.42. The number of carbonyl (C=O) groups excluding carboxylic acids is 1. The number of likely N-dealkylation sites (N-methyl/N-ethyl adjacent to an activating group) is 1. The monoisotopic (exact) mass is 276 g/mol. The number of nitrogens with one attached hydrogen (secondary N) is 1. The molecule has 1 heterocycles. The van der Waals surface area contributed by atoms with E-state index < -0.39 is 0 Å². The number of nitrogens with zero attached hydrogens (tertiary/aromatic N) is 1. The highest BCUT2D eigenvalue weighted by atomic mass is 16.5. The van der Waals surface area contributed by atoms with Gasteiger partial charge in [0.25, 0.3) is 0 Å². The number of carbonyl (C=O) groups is 1. The first-order valence-electron chi connectivity index (χ1n) is 7.36. The van der Waals surface area contributed by atoms with Crippen LogP contribution in [0.4, 0.5) is 0 Å². The summed E-state index contributed by atoms with van der Waals surface area (Å²) in [6, 6.07) is 10.3. The number of benzene rings is 1. The van der Waals surface area contributed by atoms with Crippen molar-refractivity contribution in [2.24, 2.45) is 0 Å². The first kappa shape index (κ1) is 15.0. The van der Waals surface area contributed by atoms with Gasteiger partial charge in [-0.1, -0.05) is 30.3 Å². The van der Waals surface area contributed by atoms with Crippen molar-refractivity contribution in [2.45, 2.75) is 25.4 Å². The third-order valence-electron chi connectivity index (χ3n) is 3.61. The molecule has 2 rings (SSSR count). The predicted octanol–water partition coefficient (Wildman–Crippen LogP) is 1.46. The molecule has 4 nitrogen and oxygen atoms in total. The molecule has 110 valence electrons. The van der Waals surface area contributed by atoms with E-state index in [4.69, 9.17) is 4.74 Å². The van der Waals surface area contributed by atoms with Gasteiger partial charge in [0.05, 0.1) is 12.7 Å². The summed E-state index contributed by atoms with van der Waals surface area (Å²) in [5.74, 6) is 0.204. The van der Waals surface area contributed by atoms with E-state index in [2.05, 4.69) is 17.4 Å². The zero-order chi connectivity index (χ0) is 14.2. The molecule has 20 heavy (non-hydrogen) atoms. The van der Waals surface area contributed by atoms with Crippen LogP contribution in [0.15, 0.2) is 30.3 Å². The number of aryl methyl sites for hydroxylation is 1. The minimum atomic E-state index is 0.131. The number of amides is 1. The fraction of sp³-hybridized carbons (Fsp3) is 0.562. The van der Waals surface area contributed by atoms with Crippen LogP contribution >= 0.6 is 0 Å². The SMILES string of the molecule is CN(CC1CNCCO1)C(=O)CCCc1ccccc1. The average Bonchev–Trinajstić information content (AvgIpc) is 2.49. The molecule has 1 unspecified atom stereocenters. The van der Waals surface area contributed by atoms with Crippen LogP contribution in [0.25, 0.3) is 0 Å². The zero-order valence-electron chi connectivity index (χ0n) is 12.2. The Morgan fingerprint density at radius 3 is 2.90 bits per heavy atom. The molecule has 1 aliphatic rings. The Balaban J connectivity index is 1.65. The van der Waals surface area contributed by atoms with Crippen LogP contribution < -0.4 is 5.32 Å². The number of morpholine rings is 1. The maximum Gasteiger partial charge on any atom is 0.222 e. The highest BCUT2D eigenvalue weighted by Gasteiger charge is 2.18. The van der Waals surface area contributed by atoms with Gasteiger partial charge in [-0.3, -0.25) is 4.79 Å². The lowest BCUT2D eigenvalue weighted by Gasteiger charge is -2.28. The molecule has 1 aromatic rings. The normalized spacial score (nSPS) is 18.8. The second-order valence-electron chi connectivity index (χ2n) is 5.31. The lowest BCUT2D eigenvalue weighted by molar-refractivity contribution is -0.132. The van der Waals surface area contributed by atoms with Gasteiger partial charge in [-0.25, -0.2) is 0 Å². The van der Waals surface area contributed by atoms with Crippen molar-refractivity contribution in [1.29, 1.82) is 0 Å². The molecule has 1 aliphatic heterocycles. The van der Waals surface area contributed by atoms with Crippen LogP contribution in [0, 0.1) is 0 Å². The second kappa shape index (κ2) is 8.02. The van der Waals surface area contributed by atoms with Gasteiger partial charge in [-0.05, 0) is 18.4 Å². The molecule has 1 aromatic carbocycles. The molecule has 1 atom stereocenters. The number of ether oxygens (including phenoxy) is 1. The maximum absolute atomic E-state index is 12.1. The topological polar surface area (TPSA) is 41.6 Å². The van der Waals surface area contributed by atoms with Crippen molar-refractivity contribution >= 4 is 5.91 Å². The summed E-state index contributed by atoms with van der Waals surface area (Å²) < 4.78 is 5.62. The number of hydrogen-bond acceptors (Lipinski definition) is 3. The summed E-state index contributed by atoms with van der Waals surface area (Å²) in [6.45, 7) is 3.16. The van der Waals surface area contributed by atoms with Crippen LogP contribution in [-0.2, 0) is 16.0 Å². The summed E-state index contributed by atoms with van der Waals surface area (Å²) in [5.41, 5.74) is 1.29. The van der Waals surface area contributed by atoms with Crippen LogP contribution in [-0.4, -0.2) is 50.2 Å². The zero-order valence-corrected chi connectivity index (χ0v) is 12.2. The van der Waals surface area contributed by atoms with Gasteiger partial charge in [0.15, 0.2) is 0 Å². The van der Waals surface area contributed by atoms with Crippen LogP contribution in [0.2, 0.25) is 0 Å². The van der Waals surface area contributed by atoms with Gasteiger partial charge in [0.1, 0.15) is 0 Å². The lowest BCUT2D eigenvalue weighted by Crippen LogP contribution is -2.45. The van der Waals surface area contributed by atoms with Crippen molar-refractivity contribution in [1.82, 2.24) is 10.2 Å². The molecule has 0 aliphatic carbocycles. The van der Waals surface area contributed by atoms with E-state index in [1.807, 2.05) is 25.2 Å². The van der Waals surface area contributed by atoms with Gasteiger partial charge in [0.2, 0.25) is 5.91 Å². The van der Waals surface area contributed by atoms with E-state index in [9.17, 15) is 4.79 Å². The van der Waals surface area contributed by atoms with Crippen molar-refractivity contribution in [3.05, 3.63) is 35.9 Å². The highest BCUT2D eigenvalue weighted by Crippen LogP contribution is 2.07. The van der Waals surface area contributed by atoms with Gasteiger partial charge in [-0.15, -0.1) is 0 Å². The molecule has 4 heteroatoms. The first-order valence-corrected chi connectivity index (χ1v) is 7.36. The second-order valence-corrected chi connectivity index (χ2v) is 5.31. The largest absolute Gasteiger partial charge is 0.374 e. The van der Waals surface area contributed by atoms with Crippen molar-refractivity contribution in [2.75, 3.05) is 33.3 Å². The van der Waals surface area contributed by atoms with Crippen molar-refractivity contribution in [3.8, 4) is 0 Å². The van der Waals surface area contributed by atoms with E-state index in [0.717, 1.165) is 32.5 Å². The van der Waals surface area contributed by atoms with Crippen LogP contribution in [0.1, 0.15) is 18.4 Å². The quantitative estimate of drug-likeness (QED) is 0.855. The molecule has 0 aromatic heterocycles. The van der Waals surface area contributed by atoms with Crippen molar-refractivity contribution < 1.29 is 9.53 Å². The molecule has 0 saturated carbocycles. The molecule has 0 bridgehead atoms. The molecule has 1 amide bonds. The Kier molecular flexibility index (Phi) is 6.02. The summed E-state index contributed by atoms with van der Waals surface area (Å²) in [4.78, 5) is 13.9. The summed E-state index contributed by atoms with van der Waals surface area (Å²) in [7, 11) is 1.86. The average molecular weight is 276 g/mol. The fourth-order valence-electron chi connectivity index (χ4n) is 2.42. The van der Waals surface area contributed by atoms with E-state index in [0.29, 0.717) is 13.0 Å². The molecule has 1 fully saturated rings. The Labute approximate surface area is 121 Å². The van der Waals surface area contributed by atoms with E-state index in [1.54, 1.807) is 4.90 Å². The van der Waals surface area contributed by atoms with Gasteiger partial charge in [0, 0.05) is 33.1 Å². The Hall–Kier alpha value is -1.39. The molecule has 1 saturated heterocycles. The van der Waals surface area contributed by atoms with E-state index in [1.165, 1.54) is 5.56 Å². The minimum absolute atomic E-state index is 0.131. The van der Waals surface area contributed by atoms with Gasteiger partial charge < -0.3 is 15.0 Å². The standard InChI is InChI=1S/C16H24N2O2/c1-18(13-15-12-17-10-11-20-15)16(19)9-5-8-14-6-3-2-4-7-14/h2-4,6-7,15,17H,5,8-13H2,1H3. The van der Waals surface area contributed by atoms with Crippen LogP contribution in [0.5, 0.6) is 0 Å². The van der Waals surface area contributed by atoms with E-state index in [-0.39, 0.29) is 12.0 Å². The Bertz CT molecular complexity index is 402. The molecule has 0 spiro atoms. The maximum atomic E-state index is 12.1. The lowest BCUT2D eigenvalue weighted by atomic mass is 10.1. The third-order valence-corrected chi connectivity index (χ3v) is 3.61. The smallest absolute Gasteiger partial charge is 0.222 e. The van der Waals surface area contributed by atoms with E-state index >= 15 is 0 Å². The summed E-state index contributed by atoms with van der Waals surface area (Å²) in [5, 5.41) is 3.28. The van der Waals surface area contributed by atoms with Crippen molar-refractivity contribution in [3.63, 3.8) is 0 Å². The predicted molar refractivity (Wildman–Crippen MR) is 79.6 cm³/mol. The van der Waals surface area contributed by atoms with Crippen LogP contribution in [0.3, 0.4) is 0 Å². The Morgan fingerprint density at radius 2 is 2.20 bits per heavy atom. The molecular formula is C16H24N2O2. The highest BCUT2D eigenvalue weighted by molar-refractivity contribution is 5.75. The summed E-state index contributed by atoms with van der Waals surface area (Å²) >= 11 is 0. The molecule has 0 radical (unpaired) electrons. The molecule has 1 N–H and O–H groups in total. The number of rotatable bonds is 6. The van der Waals surface area contributed by atoms with Gasteiger partial charge in [-0.2, -0.15) is 0 Å². The third kappa shape index (κ3) is 4.94. The summed E-state index contributed by atoms with van der Waals surface area (Å²) in [6.07, 6.45) is 2.59. The van der Waals surface area contributed by atoms with Gasteiger partial charge >= 0.3 is 0 Å². The Morgan fingerprint density at radius 1 is 1.40 bits per heavy atom. The minimum Gasteiger partial charge on any atom is -0.374 e. The number of hydrogen-bond donors (Lipinski definition) is 1.